The molecule has 2 N–H and O–H groups in total. The van der Waals surface area contributed by atoms with E-state index in [1.165, 1.54) is 23.3 Å². The number of fused-ring (bicyclic) bond motifs is 1. The maximum Gasteiger partial charge on any atom is 0.222 e. The van der Waals surface area contributed by atoms with Gasteiger partial charge in [0.25, 0.3) is 0 Å². The first-order chi connectivity index (χ1) is 14.7. The molecule has 0 saturated carbocycles. The summed E-state index contributed by atoms with van der Waals surface area (Å²) in [6.45, 7) is 5.62. The maximum atomic E-state index is 13.0. The molecular weight excluding hydrogens is 379 g/mol. The predicted molar refractivity (Wildman–Crippen MR) is 119 cm³/mol. The first-order valence-corrected chi connectivity index (χ1v) is 10.8. The minimum absolute atomic E-state index is 0.203. The van der Waals surface area contributed by atoms with Crippen LogP contribution in [-0.2, 0) is 24.2 Å². The first kappa shape index (κ1) is 21.8. The Morgan fingerprint density at radius 2 is 1.87 bits per heavy atom. The molecule has 6 heteroatoms. The Morgan fingerprint density at radius 1 is 1.10 bits per heavy atom. The average Bonchev–Trinajstić information content (AvgIpc) is 2.77. The number of carbonyl (C=O) groups is 1. The topological polar surface area (TPSA) is 56.7 Å². The van der Waals surface area contributed by atoms with Gasteiger partial charge in [-0.3, -0.25) is 9.79 Å². The summed E-state index contributed by atoms with van der Waals surface area (Å²) in [7, 11) is 0. The molecule has 30 heavy (non-hydrogen) atoms. The molecule has 1 amide bonds. The van der Waals surface area contributed by atoms with E-state index >= 15 is 0 Å². The van der Waals surface area contributed by atoms with Crippen molar-refractivity contribution in [2.75, 3.05) is 26.2 Å². The van der Waals surface area contributed by atoms with Gasteiger partial charge in [-0.15, -0.1) is 0 Å². The number of carbonyl (C=O) groups excluding carboxylic acids is 1. The zero-order valence-corrected chi connectivity index (χ0v) is 17.7. The number of aliphatic imine (C=N–C) groups is 1. The van der Waals surface area contributed by atoms with Gasteiger partial charge in [0.15, 0.2) is 5.96 Å². The molecule has 0 aromatic heterocycles. The van der Waals surface area contributed by atoms with Crippen molar-refractivity contribution in [3.05, 3.63) is 71.0 Å². The minimum atomic E-state index is -0.218. The summed E-state index contributed by atoms with van der Waals surface area (Å²) in [6.07, 6.45) is 2.97. The Morgan fingerprint density at radius 3 is 2.63 bits per heavy atom. The summed E-state index contributed by atoms with van der Waals surface area (Å²) in [5.41, 5.74) is 3.69. The molecular formula is C24H31FN4O. The van der Waals surface area contributed by atoms with Crippen molar-refractivity contribution in [2.45, 2.75) is 39.2 Å². The number of benzene rings is 2. The highest BCUT2D eigenvalue weighted by Gasteiger charge is 2.19. The van der Waals surface area contributed by atoms with Crippen molar-refractivity contribution in [1.82, 2.24) is 15.5 Å². The molecule has 0 radical (unpaired) electrons. The van der Waals surface area contributed by atoms with Crippen LogP contribution in [0, 0.1) is 5.82 Å². The third-order valence-corrected chi connectivity index (χ3v) is 5.27. The monoisotopic (exact) mass is 410 g/mol. The van der Waals surface area contributed by atoms with Gasteiger partial charge in [-0.25, -0.2) is 4.39 Å². The first-order valence-electron chi connectivity index (χ1n) is 10.8. The van der Waals surface area contributed by atoms with Crippen LogP contribution < -0.4 is 10.6 Å². The van der Waals surface area contributed by atoms with Crippen LogP contribution in [0.15, 0.2) is 53.5 Å². The van der Waals surface area contributed by atoms with E-state index in [1.807, 2.05) is 17.9 Å². The molecule has 2 aromatic rings. The van der Waals surface area contributed by atoms with Crippen LogP contribution >= 0.6 is 0 Å². The Balaban J connectivity index is 1.39. The second-order valence-electron chi connectivity index (χ2n) is 7.50. The third-order valence-electron chi connectivity index (χ3n) is 5.27. The highest BCUT2D eigenvalue weighted by molar-refractivity contribution is 5.80. The standard InChI is InChI=1S/C24H31FN4O/c1-2-26-24(28-16-13-19-9-11-22(25)12-10-19)27-15-5-8-23(30)29-17-14-20-6-3-4-7-21(20)18-29/h3-4,6-7,9-12H,2,5,8,13-18H2,1H3,(H2,26,27,28). The molecule has 2 aromatic carbocycles. The quantitative estimate of drug-likeness (QED) is 0.399. The summed E-state index contributed by atoms with van der Waals surface area (Å²) in [5.74, 6) is 0.734. The fourth-order valence-corrected chi connectivity index (χ4v) is 3.61. The van der Waals surface area contributed by atoms with E-state index in [2.05, 4.69) is 33.8 Å². The van der Waals surface area contributed by atoms with Crippen LogP contribution in [0.5, 0.6) is 0 Å². The second kappa shape index (κ2) is 11.3. The van der Waals surface area contributed by atoms with Crippen LogP contribution in [-0.4, -0.2) is 42.9 Å². The van der Waals surface area contributed by atoms with Crippen molar-refractivity contribution in [2.24, 2.45) is 4.99 Å². The van der Waals surface area contributed by atoms with Crippen LogP contribution in [0.4, 0.5) is 4.39 Å². The van der Waals surface area contributed by atoms with E-state index < -0.39 is 0 Å². The molecule has 0 unspecified atom stereocenters. The molecule has 1 heterocycles. The van der Waals surface area contributed by atoms with Crippen LogP contribution in [0.25, 0.3) is 0 Å². The largest absolute Gasteiger partial charge is 0.357 e. The zero-order valence-electron chi connectivity index (χ0n) is 17.7. The molecule has 0 bridgehead atoms. The van der Waals surface area contributed by atoms with Gasteiger partial charge in [0.05, 0.1) is 0 Å². The van der Waals surface area contributed by atoms with Gasteiger partial charge >= 0.3 is 0 Å². The smallest absolute Gasteiger partial charge is 0.222 e. The predicted octanol–water partition coefficient (Wildman–Crippen LogP) is 3.29. The number of guanidine groups is 1. The highest BCUT2D eigenvalue weighted by atomic mass is 19.1. The van der Waals surface area contributed by atoms with E-state index in [0.717, 1.165) is 43.9 Å². The van der Waals surface area contributed by atoms with Gasteiger partial charge in [-0.2, -0.15) is 0 Å². The number of halogens is 1. The Kier molecular flexibility index (Phi) is 8.24. The van der Waals surface area contributed by atoms with E-state index in [-0.39, 0.29) is 11.7 Å². The summed E-state index contributed by atoms with van der Waals surface area (Å²) in [5, 5.41) is 6.52. The Labute approximate surface area is 178 Å². The van der Waals surface area contributed by atoms with Gasteiger partial charge in [0, 0.05) is 39.1 Å². The molecule has 0 fully saturated rings. The molecule has 0 spiro atoms. The Bertz CT molecular complexity index is 851. The molecule has 160 valence electrons. The lowest BCUT2D eigenvalue weighted by molar-refractivity contribution is -0.132. The average molecular weight is 411 g/mol. The number of hydrogen-bond donors (Lipinski definition) is 2. The van der Waals surface area contributed by atoms with E-state index in [4.69, 9.17) is 0 Å². The van der Waals surface area contributed by atoms with Gasteiger partial charge in [0.2, 0.25) is 5.91 Å². The summed E-state index contributed by atoms with van der Waals surface area (Å²) in [6, 6.07) is 14.9. The van der Waals surface area contributed by atoms with E-state index in [0.29, 0.717) is 26.1 Å². The lowest BCUT2D eigenvalue weighted by Crippen LogP contribution is -2.38. The van der Waals surface area contributed by atoms with E-state index in [1.54, 1.807) is 12.1 Å². The zero-order chi connectivity index (χ0) is 21.2. The fourth-order valence-electron chi connectivity index (χ4n) is 3.61. The van der Waals surface area contributed by atoms with Crippen molar-refractivity contribution < 1.29 is 9.18 Å². The van der Waals surface area contributed by atoms with Gasteiger partial charge in [-0.1, -0.05) is 36.4 Å². The minimum Gasteiger partial charge on any atom is -0.357 e. The van der Waals surface area contributed by atoms with Crippen molar-refractivity contribution in [1.29, 1.82) is 0 Å². The SMILES string of the molecule is CCNC(=NCCCC(=O)N1CCc2ccccc2C1)NCCc1ccc(F)cc1. The highest BCUT2D eigenvalue weighted by Crippen LogP contribution is 2.19. The fraction of sp³-hybridized carbons (Fsp3) is 0.417. The van der Waals surface area contributed by atoms with Crippen LogP contribution in [0.2, 0.25) is 0 Å². The number of nitrogens with one attached hydrogen (secondary N) is 2. The molecule has 1 aliphatic rings. The summed E-state index contributed by atoms with van der Waals surface area (Å²) in [4.78, 5) is 19.1. The van der Waals surface area contributed by atoms with Crippen molar-refractivity contribution >= 4 is 11.9 Å². The van der Waals surface area contributed by atoms with E-state index in [9.17, 15) is 9.18 Å². The number of nitrogens with zero attached hydrogens (tertiary/aromatic N) is 2. The maximum absolute atomic E-state index is 13.0. The lowest BCUT2D eigenvalue weighted by atomic mass is 9.99. The summed E-state index contributed by atoms with van der Waals surface area (Å²) < 4.78 is 13.0. The molecule has 0 aliphatic carbocycles. The molecule has 0 atom stereocenters. The molecule has 1 aliphatic heterocycles. The summed E-state index contributed by atoms with van der Waals surface area (Å²) >= 11 is 0. The van der Waals surface area contributed by atoms with Crippen LogP contribution in [0.3, 0.4) is 0 Å². The number of hydrogen-bond acceptors (Lipinski definition) is 2. The van der Waals surface area contributed by atoms with Gasteiger partial charge in [-0.05, 0) is 55.0 Å². The van der Waals surface area contributed by atoms with Gasteiger partial charge in [0.1, 0.15) is 5.82 Å². The van der Waals surface area contributed by atoms with Crippen molar-refractivity contribution in [3.8, 4) is 0 Å². The third kappa shape index (κ3) is 6.58. The molecule has 3 rings (SSSR count). The number of amides is 1. The normalized spacial score (nSPS) is 13.7. The van der Waals surface area contributed by atoms with Crippen LogP contribution in [0.1, 0.15) is 36.5 Å². The second-order valence-corrected chi connectivity index (χ2v) is 7.50. The Hall–Kier alpha value is -2.89. The van der Waals surface area contributed by atoms with Gasteiger partial charge < -0.3 is 15.5 Å². The molecule has 5 nitrogen and oxygen atoms in total. The number of rotatable bonds is 8. The molecule has 0 saturated heterocycles. The lowest BCUT2D eigenvalue weighted by Gasteiger charge is -2.28. The van der Waals surface area contributed by atoms with Crippen molar-refractivity contribution in [3.63, 3.8) is 0 Å².